The van der Waals surface area contributed by atoms with Crippen LogP contribution >= 0.6 is 0 Å². The Balaban J connectivity index is 2.63. The highest BCUT2D eigenvalue weighted by atomic mass is 16.3. The van der Waals surface area contributed by atoms with Gasteiger partial charge in [-0.3, -0.25) is 0 Å². The molecule has 0 spiro atoms. The van der Waals surface area contributed by atoms with E-state index in [9.17, 15) is 0 Å². The third-order valence-electron chi connectivity index (χ3n) is 1.77. The van der Waals surface area contributed by atoms with Crippen LogP contribution in [-0.2, 0) is 6.42 Å². The van der Waals surface area contributed by atoms with E-state index in [1.54, 1.807) is 6.07 Å². The van der Waals surface area contributed by atoms with Gasteiger partial charge in [0.25, 0.3) is 0 Å². The Hall–Kier alpha value is -1.26. The van der Waals surface area contributed by atoms with E-state index < -0.39 is 6.23 Å². The minimum atomic E-state index is -0.837. The molecule has 0 aliphatic rings. The number of aromatic hydroxyl groups is 2. The summed E-state index contributed by atoms with van der Waals surface area (Å²) in [5, 5.41) is 26.9. The molecule has 0 aliphatic carbocycles. The maximum absolute atomic E-state index is 9.12. The third kappa shape index (κ3) is 2.93. The smallest absolute Gasteiger partial charge is 0.157 e. The van der Waals surface area contributed by atoms with Gasteiger partial charge in [0.2, 0.25) is 0 Å². The Bertz CT molecular complexity index is 286. The van der Waals surface area contributed by atoms with Crippen molar-refractivity contribution >= 4 is 0 Å². The number of nitrogens with two attached hydrogens (primary N) is 1. The van der Waals surface area contributed by atoms with Gasteiger partial charge in [-0.2, -0.15) is 0 Å². The summed E-state index contributed by atoms with van der Waals surface area (Å²) >= 11 is 0. The fourth-order valence-corrected chi connectivity index (χ4v) is 1.04. The van der Waals surface area contributed by atoms with Crippen LogP contribution in [-0.4, -0.2) is 21.5 Å². The number of aryl methyl sites for hydroxylation is 1. The zero-order valence-corrected chi connectivity index (χ0v) is 7.14. The van der Waals surface area contributed by atoms with Gasteiger partial charge in [0.1, 0.15) is 6.23 Å². The van der Waals surface area contributed by atoms with Gasteiger partial charge in [0, 0.05) is 0 Å². The molecule has 1 aromatic carbocycles. The quantitative estimate of drug-likeness (QED) is 0.401. The minimum absolute atomic E-state index is 0.142. The number of aliphatic hydroxyl groups is 1. The van der Waals surface area contributed by atoms with E-state index >= 15 is 0 Å². The maximum atomic E-state index is 9.12. The van der Waals surface area contributed by atoms with E-state index in [0.717, 1.165) is 5.56 Å². The van der Waals surface area contributed by atoms with Crippen molar-refractivity contribution in [2.24, 2.45) is 5.73 Å². The molecule has 72 valence electrons. The van der Waals surface area contributed by atoms with Crippen LogP contribution in [0.15, 0.2) is 18.2 Å². The molecule has 0 heterocycles. The number of hydrogen-bond donors (Lipinski definition) is 4. The number of hydrogen-bond acceptors (Lipinski definition) is 4. The fraction of sp³-hybridized carbons (Fsp3) is 0.333. The van der Waals surface area contributed by atoms with Crippen LogP contribution in [0, 0.1) is 0 Å². The van der Waals surface area contributed by atoms with E-state index in [2.05, 4.69) is 0 Å². The van der Waals surface area contributed by atoms with E-state index in [1.807, 2.05) is 0 Å². The molecule has 1 atom stereocenters. The van der Waals surface area contributed by atoms with Gasteiger partial charge in [-0.25, -0.2) is 0 Å². The normalized spacial score (nSPS) is 12.8. The minimum Gasteiger partial charge on any atom is -0.504 e. The molecule has 0 fully saturated rings. The maximum Gasteiger partial charge on any atom is 0.157 e. The first kappa shape index (κ1) is 9.83. The number of rotatable bonds is 3. The van der Waals surface area contributed by atoms with Crippen LogP contribution in [0.4, 0.5) is 0 Å². The zero-order chi connectivity index (χ0) is 9.84. The lowest BCUT2D eigenvalue weighted by atomic mass is 10.1. The summed E-state index contributed by atoms with van der Waals surface area (Å²) in [5.41, 5.74) is 5.99. The summed E-state index contributed by atoms with van der Waals surface area (Å²) in [6.07, 6.45) is 0.173. The predicted octanol–water partition coefficient (Wildman–Crippen LogP) is 0.307. The zero-order valence-electron chi connectivity index (χ0n) is 7.14. The van der Waals surface area contributed by atoms with Gasteiger partial charge in [0.05, 0.1) is 0 Å². The molecule has 0 bridgehead atoms. The second-order valence-corrected chi connectivity index (χ2v) is 2.93. The van der Waals surface area contributed by atoms with Crippen molar-refractivity contribution in [3.8, 4) is 11.5 Å². The highest BCUT2D eigenvalue weighted by Gasteiger charge is 2.02. The molecule has 1 unspecified atom stereocenters. The van der Waals surface area contributed by atoms with Gasteiger partial charge in [-0.15, -0.1) is 0 Å². The fourth-order valence-electron chi connectivity index (χ4n) is 1.04. The third-order valence-corrected chi connectivity index (χ3v) is 1.77. The van der Waals surface area contributed by atoms with Crippen LogP contribution in [0.5, 0.6) is 11.5 Å². The lowest BCUT2D eigenvalue weighted by Crippen LogP contribution is -2.19. The molecular formula is C9H13NO3. The largest absolute Gasteiger partial charge is 0.504 e. The van der Waals surface area contributed by atoms with Crippen molar-refractivity contribution in [1.29, 1.82) is 0 Å². The Morgan fingerprint density at radius 1 is 1.23 bits per heavy atom. The van der Waals surface area contributed by atoms with Gasteiger partial charge in [0.15, 0.2) is 11.5 Å². The average Bonchev–Trinajstić information content (AvgIpc) is 2.07. The highest BCUT2D eigenvalue weighted by molar-refractivity contribution is 5.40. The van der Waals surface area contributed by atoms with Crippen LogP contribution < -0.4 is 5.73 Å². The monoisotopic (exact) mass is 183 g/mol. The molecule has 13 heavy (non-hydrogen) atoms. The molecule has 0 saturated carbocycles. The topological polar surface area (TPSA) is 86.7 Å². The highest BCUT2D eigenvalue weighted by Crippen LogP contribution is 2.25. The molecule has 0 radical (unpaired) electrons. The molecule has 1 aromatic rings. The van der Waals surface area contributed by atoms with Crippen molar-refractivity contribution in [2.45, 2.75) is 19.1 Å². The number of phenols is 2. The lowest BCUT2D eigenvalue weighted by Gasteiger charge is -2.05. The Kier molecular flexibility index (Phi) is 3.11. The molecule has 4 nitrogen and oxygen atoms in total. The summed E-state index contributed by atoms with van der Waals surface area (Å²) in [7, 11) is 0. The first-order chi connectivity index (χ1) is 6.09. The summed E-state index contributed by atoms with van der Waals surface area (Å²) in [5.74, 6) is -0.291. The van der Waals surface area contributed by atoms with E-state index in [-0.39, 0.29) is 11.5 Å². The van der Waals surface area contributed by atoms with Crippen LogP contribution in [0.2, 0.25) is 0 Å². The molecular weight excluding hydrogens is 170 g/mol. The van der Waals surface area contributed by atoms with E-state index in [4.69, 9.17) is 21.1 Å². The van der Waals surface area contributed by atoms with Crippen LogP contribution in [0.3, 0.4) is 0 Å². The summed E-state index contributed by atoms with van der Waals surface area (Å²) in [6.45, 7) is 0. The first-order valence-electron chi connectivity index (χ1n) is 4.04. The van der Waals surface area contributed by atoms with E-state index in [1.165, 1.54) is 12.1 Å². The second kappa shape index (κ2) is 4.11. The standard InChI is InChI=1S/C9H13NO3/c10-9(13)4-2-6-1-3-7(11)8(12)5-6/h1,3,5,9,11-13H,2,4,10H2. The molecule has 1 rings (SSSR count). The lowest BCUT2D eigenvalue weighted by molar-refractivity contribution is 0.172. The number of aliphatic hydroxyl groups excluding tert-OH is 1. The van der Waals surface area contributed by atoms with Gasteiger partial charge in [-0.1, -0.05) is 6.07 Å². The van der Waals surface area contributed by atoms with Gasteiger partial charge < -0.3 is 21.1 Å². The molecule has 5 N–H and O–H groups in total. The molecule has 0 aliphatic heterocycles. The molecule has 0 saturated heterocycles. The Morgan fingerprint density at radius 3 is 2.46 bits per heavy atom. The average molecular weight is 183 g/mol. The Labute approximate surface area is 76.2 Å². The van der Waals surface area contributed by atoms with Crippen molar-refractivity contribution in [2.75, 3.05) is 0 Å². The number of phenolic OH excluding ortho intramolecular Hbond substituents is 2. The van der Waals surface area contributed by atoms with Crippen molar-refractivity contribution in [3.63, 3.8) is 0 Å². The SMILES string of the molecule is NC(O)CCc1ccc(O)c(O)c1. The number of benzene rings is 1. The summed E-state index contributed by atoms with van der Waals surface area (Å²) in [6, 6.07) is 4.54. The van der Waals surface area contributed by atoms with Crippen LogP contribution in [0.25, 0.3) is 0 Å². The predicted molar refractivity (Wildman–Crippen MR) is 48.3 cm³/mol. The summed E-state index contributed by atoms with van der Waals surface area (Å²) < 4.78 is 0. The molecule has 0 amide bonds. The van der Waals surface area contributed by atoms with Gasteiger partial charge >= 0.3 is 0 Å². The van der Waals surface area contributed by atoms with Gasteiger partial charge in [-0.05, 0) is 30.5 Å². The second-order valence-electron chi connectivity index (χ2n) is 2.93. The summed E-state index contributed by atoms with van der Waals surface area (Å²) in [4.78, 5) is 0. The van der Waals surface area contributed by atoms with E-state index in [0.29, 0.717) is 12.8 Å². The van der Waals surface area contributed by atoms with Crippen molar-refractivity contribution in [3.05, 3.63) is 23.8 Å². The first-order valence-corrected chi connectivity index (χ1v) is 4.04. The molecule has 0 aromatic heterocycles. The van der Waals surface area contributed by atoms with Crippen molar-refractivity contribution in [1.82, 2.24) is 0 Å². The molecule has 4 heteroatoms. The van der Waals surface area contributed by atoms with Crippen LogP contribution in [0.1, 0.15) is 12.0 Å². The van der Waals surface area contributed by atoms with Crippen molar-refractivity contribution < 1.29 is 15.3 Å². The Morgan fingerprint density at radius 2 is 1.92 bits per heavy atom.